The van der Waals surface area contributed by atoms with E-state index in [1.807, 2.05) is 0 Å². The van der Waals surface area contributed by atoms with E-state index in [0.29, 0.717) is 5.69 Å². The fourth-order valence-electron chi connectivity index (χ4n) is 0.758. The summed E-state index contributed by atoms with van der Waals surface area (Å²) in [6.07, 6.45) is -2.63. The van der Waals surface area contributed by atoms with Crippen molar-refractivity contribution in [2.45, 2.75) is 18.5 Å². The van der Waals surface area contributed by atoms with Crippen molar-refractivity contribution in [1.29, 1.82) is 0 Å². The van der Waals surface area contributed by atoms with E-state index in [2.05, 4.69) is 9.97 Å². The Labute approximate surface area is 89.2 Å². The van der Waals surface area contributed by atoms with Gasteiger partial charge in [-0.05, 0) is 0 Å². The summed E-state index contributed by atoms with van der Waals surface area (Å²) in [5.74, 6) is 0.267. The van der Waals surface area contributed by atoms with E-state index in [0.717, 1.165) is 0 Å². The Balaban J connectivity index is 2.38. The second kappa shape index (κ2) is 5.16. The normalized spacial score (nSPS) is 11.5. The van der Waals surface area contributed by atoms with Crippen LogP contribution < -0.4 is 4.74 Å². The van der Waals surface area contributed by atoms with Crippen molar-refractivity contribution in [1.82, 2.24) is 9.97 Å². The molecule has 7 heteroatoms. The number of nitrogens with zero attached hydrogens (tertiary/aromatic N) is 2. The highest BCUT2D eigenvalue weighted by Crippen LogP contribution is 2.19. The highest BCUT2D eigenvalue weighted by molar-refractivity contribution is 6.16. The summed E-state index contributed by atoms with van der Waals surface area (Å²) in [4.78, 5) is 7.54. The van der Waals surface area contributed by atoms with E-state index in [4.69, 9.17) is 16.3 Å². The van der Waals surface area contributed by atoms with Gasteiger partial charge in [0.2, 0.25) is 5.88 Å². The quantitative estimate of drug-likeness (QED) is 0.759. The van der Waals surface area contributed by atoms with Crippen molar-refractivity contribution in [2.24, 2.45) is 0 Å². The van der Waals surface area contributed by atoms with Gasteiger partial charge in [-0.3, -0.25) is 4.98 Å². The maximum absolute atomic E-state index is 11.7. The fraction of sp³-hybridized carbons (Fsp3) is 0.500. The molecule has 1 heterocycles. The van der Waals surface area contributed by atoms with E-state index in [9.17, 15) is 13.2 Å². The highest BCUT2D eigenvalue weighted by Gasteiger charge is 2.26. The third kappa shape index (κ3) is 4.83. The van der Waals surface area contributed by atoms with Gasteiger partial charge in [-0.2, -0.15) is 13.2 Å². The van der Waals surface area contributed by atoms with Gasteiger partial charge in [0, 0.05) is 0 Å². The first kappa shape index (κ1) is 12.0. The maximum atomic E-state index is 11.7. The second-order valence-corrected chi connectivity index (χ2v) is 2.96. The Kier molecular flexibility index (Phi) is 4.14. The van der Waals surface area contributed by atoms with E-state index in [1.165, 1.54) is 12.4 Å². The second-order valence-electron chi connectivity index (χ2n) is 2.69. The molecule has 0 N–H and O–H groups in total. The summed E-state index contributed by atoms with van der Waals surface area (Å²) >= 11 is 5.45. The van der Waals surface area contributed by atoms with Crippen LogP contribution in [0.5, 0.6) is 5.88 Å². The largest absolute Gasteiger partial charge is 0.476 e. The Morgan fingerprint density at radius 2 is 2.00 bits per heavy atom. The summed E-state index contributed by atoms with van der Waals surface area (Å²) in [7, 11) is 0. The van der Waals surface area contributed by atoms with E-state index < -0.39 is 19.2 Å². The van der Waals surface area contributed by atoms with Crippen LogP contribution in [0, 0.1) is 0 Å². The number of hydrogen-bond acceptors (Lipinski definition) is 3. The zero-order chi connectivity index (χ0) is 11.3. The summed E-state index contributed by atoms with van der Waals surface area (Å²) < 4.78 is 40.0. The molecule has 0 atom stereocenters. The minimum atomic E-state index is -4.22. The third-order valence-corrected chi connectivity index (χ3v) is 1.73. The first-order valence-corrected chi connectivity index (χ1v) is 4.61. The topological polar surface area (TPSA) is 35.0 Å². The Hall–Kier alpha value is -1.04. The lowest BCUT2D eigenvalue weighted by Gasteiger charge is -2.07. The molecule has 1 rings (SSSR count). The van der Waals surface area contributed by atoms with E-state index in [1.54, 1.807) is 0 Å². The van der Waals surface area contributed by atoms with Crippen molar-refractivity contribution in [3.8, 4) is 5.88 Å². The van der Waals surface area contributed by atoms with Crippen molar-refractivity contribution in [2.75, 3.05) is 6.61 Å². The molecule has 0 aromatic carbocycles. The van der Waals surface area contributed by atoms with Crippen LogP contribution >= 0.6 is 11.6 Å². The number of aromatic nitrogens is 2. The summed E-state index contributed by atoms with van der Waals surface area (Å²) in [6.45, 7) is -0.460. The molecule has 0 saturated carbocycles. The molecular formula is C8H8ClF3N2O. The number of alkyl halides is 4. The average molecular weight is 241 g/mol. The molecule has 0 aliphatic rings. The Bertz CT molecular complexity index is 302. The number of ether oxygens (including phenoxy) is 1. The fourth-order valence-corrected chi connectivity index (χ4v) is 0.896. The molecule has 3 nitrogen and oxygen atoms in total. The lowest BCUT2D eigenvalue weighted by atomic mass is 10.4. The van der Waals surface area contributed by atoms with Crippen LogP contribution in [0.3, 0.4) is 0 Å². The minimum absolute atomic E-state index is 0.0631. The number of halogens is 4. The number of hydrogen-bond donors (Lipinski definition) is 0. The molecule has 0 saturated heterocycles. The van der Waals surface area contributed by atoms with Gasteiger partial charge in [-0.25, -0.2) is 4.98 Å². The molecule has 0 aliphatic heterocycles. The van der Waals surface area contributed by atoms with Crippen LogP contribution in [0.2, 0.25) is 0 Å². The van der Waals surface area contributed by atoms with Gasteiger partial charge in [0.05, 0.1) is 37.0 Å². The lowest BCUT2D eigenvalue weighted by Crippen LogP contribution is -2.13. The predicted octanol–water partition coefficient (Wildman–Crippen LogP) is 2.55. The van der Waals surface area contributed by atoms with Crippen LogP contribution in [-0.2, 0) is 5.88 Å². The first-order valence-electron chi connectivity index (χ1n) is 4.08. The van der Waals surface area contributed by atoms with Crippen LogP contribution in [0.1, 0.15) is 12.1 Å². The summed E-state index contributed by atoms with van der Waals surface area (Å²) in [6, 6.07) is 0. The van der Waals surface area contributed by atoms with Crippen molar-refractivity contribution < 1.29 is 17.9 Å². The molecular weight excluding hydrogens is 233 g/mol. The Morgan fingerprint density at radius 3 is 2.47 bits per heavy atom. The molecule has 0 radical (unpaired) electrons. The average Bonchev–Trinajstić information content (AvgIpc) is 2.17. The van der Waals surface area contributed by atoms with Gasteiger partial charge >= 0.3 is 6.18 Å². The molecule has 1 aromatic heterocycles. The summed E-state index contributed by atoms with van der Waals surface area (Å²) in [5.41, 5.74) is 0.542. The first-order chi connectivity index (χ1) is 7.01. The van der Waals surface area contributed by atoms with Crippen LogP contribution in [-0.4, -0.2) is 22.8 Å². The minimum Gasteiger partial charge on any atom is -0.476 e. The third-order valence-electron chi connectivity index (χ3n) is 1.45. The molecule has 0 amide bonds. The molecule has 0 aliphatic carbocycles. The lowest BCUT2D eigenvalue weighted by molar-refractivity contribution is -0.139. The highest BCUT2D eigenvalue weighted by atomic mass is 35.5. The zero-order valence-electron chi connectivity index (χ0n) is 7.59. The number of rotatable bonds is 4. The van der Waals surface area contributed by atoms with Gasteiger partial charge in [-0.15, -0.1) is 11.6 Å². The maximum Gasteiger partial charge on any atom is 0.392 e. The monoisotopic (exact) mass is 240 g/mol. The van der Waals surface area contributed by atoms with Gasteiger partial charge < -0.3 is 4.74 Å². The molecule has 0 unspecified atom stereocenters. The van der Waals surface area contributed by atoms with Crippen molar-refractivity contribution in [3.63, 3.8) is 0 Å². The molecule has 0 fully saturated rings. The molecule has 84 valence electrons. The summed E-state index contributed by atoms with van der Waals surface area (Å²) in [5, 5.41) is 0. The van der Waals surface area contributed by atoms with E-state index >= 15 is 0 Å². The van der Waals surface area contributed by atoms with Crippen molar-refractivity contribution in [3.05, 3.63) is 18.1 Å². The molecule has 1 aromatic rings. The Morgan fingerprint density at radius 1 is 1.27 bits per heavy atom. The molecule has 0 bridgehead atoms. The van der Waals surface area contributed by atoms with Crippen LogP contribution in [0.15, 0.2) is 12.4 Å². The van der Waals surface area contributed by atoms with Crippen LogP contribution in [0.25, 0.3) is 0 Å². The molecule has 15 heavy (non-hydrogen) atoms. The van der Waals surface area contributed by atoms with Crippen molar-refractivity contribution >= 4 is 11.6 Å². The zero-order valence-corrected chi connectivity index (χ0v) is 8.35. The predicted molar refractivity (Wildman–Crippen MR) is 47.8 cm³/mol. The van der Waals surface area contributed by atoms with E-state index in [-0.39, 0.29) is 11.8 Å². The molecule has 0 spiro atoms. The van der Waals surface area contributed by atoms with Gasteiger partial charge in [0.1, 0.15) is 0 Å². The van der Waals surface area contributed by atoms with Crippen LogP contribution in [0.4, 0.5) is 13.2 Å². The van der Waals surface area contributed by atoms with Gasteiger partial charge in [-0.1, -0.05) is 0 Å². The van der Waals surface area contributed by atoms with Gasteiger partial charge in [0.15, 0.2) is 0 Å². The smallest absolute Gasteiger partial charge is 0.392 e. The van der Waals surface area contributed by atoms with Gasteiger partial charge in [0.25, 0.3) is 0 Å². The SMILES string of the molecule is FC(F)(F)CCOc1cnc(CCl)cn1. The standard InChI is InChI=1S/C8H8ClF3N2O/c9-3-6-4-14-7(5-13-6)15-2-1-8(10,11)12/h4-5H,1-3H2.